The summed E-state index contributed by atoms with van der Waals surface area (Å²) < 4.78 is 0. The summed E-state index contributed by atoms with van der Waals surface area (Å²) in [6, 6.07) is 0. The van der Waals surface area contributed by atoms with Gasteiger partial charge in [0.1, 0.15) is 6.29 Å². The molecule has 0 rings (SSSR count). The van der Waals surface area contributed by atoms with Gasteiger partial charge in [-0.1, -0.05) is 22.0 Å². The number of halogens is 1. The SMILES string of the molecule is CN(CC=O)C(=O)/C=C/CBr. The number of amides is 1. The Morgan fingerprint density at radius 1 is 1.64 bits per heavy atom. The van der Waals surface area contributed by atoms with Gasteiger partial charge in [-0.25, -0.2) is 0 Å². The maximum Gasteiger partial charge on any atom is 0.246 e. The second-order valence-electron chi connectivity index (χ2n) is 1.94. The smallest absolute Gasteiger partial charge is 0.246 e. The van der Waals surface area contributed by atoms with Crippen LogP contribution in [0.4, 0.5) is 0 Å². The van der Waals surface area contributed by atoms with Crippen molar-refractivity contribution in [2.45, 2.75) is 0 Å². The molecule has 0 aromatic carbocycles. The summed E-state index contributed by atoms with van der Waals surface area (Å²) in [5.41, 5.74) is 0. The Labute approximate surface area is 74.2 Å². The van der Waals surface area contributed by atoms with E-state index in [-0.39, 0.29) is 12.5 Å². The lowest BCUT2D eigenvalue weighted by Crippen LogP contribution is -2.26. The fourth-order valence-electron chi connectivity index (χ4n) is 0.474. The number of rotatable bonds is 4. The van der Waals surface area contributed by atoms with Gasteiger partial charge in [0, 0.05) is 12.4 Å². The van der Waals surface area contributed by atoms with Crippen molar-refractivity contribution in [2.24, 2.45) is 0 Å². The van der Waals surface area contributed by atoms with E-state index in [1.807, 2.05) is 0 Å². The molecule has 0 radical (unpaired) electrons. The molecule has 0 aromatic rings. The van der Waals surface area contributed by atoms with Gasteiger partial charge in [-0.15, -0.1) is 0 Å². The molecular weight excluding hydrogens is 210 g/mol. The van der Waals surface area contributed by atoms with Crippen molar-refractivity contribution in [3.8, 4) is 0 Å². The predicted molar refractivity (Wildman–Crippen MR) is 46.6 cm³/mol. The molecule has 0 aliphatic heterocycles. The molecule has 0 saturated heterocycles. The number of nitrogens with zero attached hydrogens (tertiary/aromatic N) is 1. The summed E-state index contributed by atoms with van der Waals surface area (Å²) in [7, 11) is 1.58. The molecule has 0 aliphatic carbocycles. The summed E-state index contributed by atoms with van der Waals surface area (Å²) in [5.74, 6) is -0.156. The molecule has 62 valence electrons. The second kappa shape index (κ2) is 6.09. The molecule has 0 aromatic heterocycles. The van der Waals surface area contributed by atoms with Gasteiger partial charge in [-0.2, -0.15) is 0 Å². The maximum atomic E-state index is 11.0. The molecule has 11 heavy (non-hydrogen) atoms. The Morgan fingerprint density at radius 2 is 2.27 bits per heavy atom. The number of likely N-dealkylation sites (N-methyl/N-ethyl adjacent to an activating group) is 1. The van der Waals surface area contributed by atoms with Gasteiger partial charge in [0.25, 0.3) is 0 Å². The van der Waals surface area contributed by atoms with Crippen LogP contribution in [0.15, 0.2) is 12.2 Å². The zero-order chi connectivity index (χ0) is 8.69. The molecule has 0 spiro atoms. The predicted octanol–water partition coefficient (Wildman–Crippen LogP) is 0.595. The highest BCUT2D eigenvalue weighted by Gasteiger charge is 2.01. The van der Waals surface area contributed by atoms with Crippen molar-refractivity contribution < 1.29 is 9.59 Å². The van der Waals surface area contributed by atoms with E-state index >= 15 is 0 Å². The van der Waals surface area contributed by atoms with Crippen LogP contribution in [0.25, 0.3) is 0 Å². The summed E-state index contributed by atoms with van der Waals surface area (Å²) in [6.45, 7) is 0.144. The van der Waals surface area contributed by atoms with Crippen LogP contribution in [0.2, 0.25) is 0 Å². The number of hydrogen-bond donors (Lipinski definition) is 0. The van der Waals surface area contributed by atoms with Crippen LogP contribution in [-0.4, -0.2) is 36.0 Å². The quantitative estimate of drug-likeness (QED) is 0.395. The lowest BCUT2D eigenvalue weighted by Gasteiger charge is -2.09. The van der Waals surface area contributed by atoms with Crippen LogP contribution >= 0.6 is 15.9 Å². The summed E-state index contributed by atoms with van der Waals surface area (Å²) in [4.78, 5) is 22.3. The zero-order valence-electron chi connectivity index (χ0n) is 6.29. The minimum Gasteiger partial charge on any atom is -0.335 e. The van der Waals surface area contributed by atoms with E-state index in [0.717, 1.165) is 0 Å². The Bertz CT molecular complexity index is 168. The first-order chi connectivity index (χ1) is 5.22. The summed E-state index contributed by atoms with van der Waals surface area (Å²) >= 11 is 3.14. The van der Waals surface area contributed by atoms with E-state index in [2.05, 4.69) is 15.9 Å². The first-order valence-corrected chi connectivity index (χ1v) is 4.25. The minimum atomic E-state index is -0.156. The summed E-state index contributed by atoms with van der Waals surface area (Å²) in [6.07, 6.45) is 3.81. The van der Waals surface area contributed by atoms with Crippen molar-refractivity contribution >= 4 is 28.1 Å². The molecule has 0 bridgehead atoms. The molecular formula is C7H10BrNO2. The highest BCUT2D eigenvalue weighted by molar-refractivity contribution is 9.09. The number of carbonyl (C=O) groups excluding carboxylic acids is 2. The third kappa shape index (κ3) is 4.72. The van der Waals surface area contributed by atoms with Gasteiger partial charge in [0.15, 0.2) is 0 Å². The van der Waals surface area contributed by atoms with E-state index in [1.165, 1.54) is 11.0 Å². The van der Waals surface area contributed by atoms with Crippen molar-refractivity contribution in [1.29, 1.82) is 0 Å². The molecule has 1 amide bonds. The van der Waals surface area contributed by atoms with Crippen LogP contribution in [0.5, 0.6) is 0 Å². The Kier molecular flexibility index (Phi) is 5.74. The number of allylic oxidation sites excluding steroid dienone is 1. The van der Waals surface area contributed by atoms with Gasteiger partial charge in [-0.3, -0.25) is 4.79 Å². The van der Waals surface area contributed by atoms with Crippen molar-refractivity contribution in [1.82, 2.24) is 4.90 Å². The first-order valence-electron chi connectivity index (χ1n) is 3.13. The zero-order valence-corrected chi connectivity index (χ0v) is 7.87. The highest BCUT2D eigenvalue weighted by atomic mass is 79.9. The number of alkyl halides is 1. The normalized spacial score (nSPS) is 10.0. The standard InChI is InChI=1S/C7H10BrNO2/c1-9(5-6-10)7(11)3-2-4-8/h2-3,6H,4-5H2,1H3/b3-2+. The fraction of sp³-hybridized carbons (Fsp3) is 0.429. The van der Waals surface area contributed by atoms with Gasteiger partial charge in [0.2, 0.25) is 5.91 Å². The Balaban J connectivity index is 3.81. The molecule has 0 fully saturated rings. The average Bonchev–Trinajstić information content (AvgIpc) is 2.00. The minimum absolute atomic E-state index is 0.144. The molecule has 0 N–H and O–H groups in total. The van der Waals surface area contributed by atoms with E-state index in [4.69, 9.17) is 0 Å². The first kappa shape index (κ1) is 10.4. The Morgan fingerprint density at radius 3 is 2.73 bits per heavy atom. The van der Waals surface area contributed by atoms with Crippen molar-refractivity contribution in [3.05, 3.63) is 12.2 Å². The van der Waals surface area contributed by atoms with E-state index in [9.17, 15) is 9.59 Å². The number of aldehydes is 1. The number of carbonyl (C=O) groups is 2. The van der Waals surface area contributed by atoms with Crippen LogP contribution in [0, 0.1) is 0 Å². The van der Waals surface area contributed by atoms with Crippen LogP contribution in [-0.2, 0) is 9.59 Å². The van der Waals surface area contributed by atoms with Gasteiger partial charge in [0.05, 0.1) is 6.54 Å². The Hall–Kier alpha value is -0.640. The molecule has 0 heterocycles. The molecule has 3 nitrogen and oxygen atoms in total. The third-order valence-electron chi connectivity index (χ3n) is 1.07. The molecule has 0 atom stereocenters. The lowest BCUT2D eigenvalue weighted by atomic mass is 10.4. The fourth-order valence-corrected chi connectivity index (χ4v) is 0.661. The second-order valence-corrected chi connectivity index (χ2v) is 2.59. The highest BCUT2D eigenvalue weighted by Crippen LogP contribution is 1.87. The lowest BCUT2D eigenvalue weighted by molar-refractivity contribution is -0.127. The summed E-state index contributed by atoms with van der Waals surface area (Å²) in [5, 5.41) is 0.646. The van der Waals surface area contributed by atoms with E-state index in [0.29, 0.717) is 11.6 Å². The van der Waals surface area contributed by atoms with Gasteiger partial charge < -0.3 is 9.69 Å². The molecule has 0 unspecified atom stereocenters. The van der Waals surface area contributed by atoms with Crippen molar-refractivity contribution in [2.75, 3.05) is 18.9 Å². The largest absolute Gasteiger partial charge is 0.335 e. The van der Waals surface area contributed by atoms with Crippen LogP contribution < -0.4 is 0 Å². The van der Waals surface area contributed by atoms with Crippen LogP contribution in [0.1, 0.15) is 0 Å². The van der Waals surface area contributed by atoms with Gasteiger partial charge in [-0.05, 0) is 6.08 Å². The molecule has 4 heteroatoms. The third-order valence-corrected chi connectivity index (χ3v) is 1.45. The van der Waals surface area contributed by atoms with E-state index in [1.54, 1.807) is 13.1 Å². The molecule has 0 aliphatic rings. The monoisotopic (exact) mass is 219 g/mol. The van der Waals surface area contributed by atoms with Crippen molar-refractivity contribution in [3.63, 3.8) is 0 Å². The topological polar surface area (TPSA) is 37.4 Å². The van der Waals surface area contributed by atoms with E-state index < -0.39 is 0 Å². The maximum absolute atomic E-state index is 11.0. The number of hydrogen-bond acceptors (Lipinski definition) is 2. The molecule has 0 saturated carbocycles. The van der Waals surface area contributed by atoms with Gasteiger partial charge >= 0.3 is 0 Å². The van der Waals surface area contributed by atoms with Crippen LogP contribution in [0.3, 0.4) is 0 Å². The average molecular weight is 220 g/mol.